The quantitative estimate of drug-likeness (QED) is 0.502. The fourth-order valence-corrected chi connectivity index (χ4v) is 3.36. The fourth-order valence-electron chi connectivity index (χ4n) is 2.48. The molecule has 1 unspecified atom stereocenters. The molecule has 1 aromatic heterocycles. The second-order valence-corrected chi connectivity index (χ2v) is 7.54. The summed E-state index contributed by atoms with van der Waals surface area (Å²) in [5.74, 6) is -1.44. The summed E-state index contributed by atoms with van der Waals surface area (Å²) in [5.41, 5.74) is 0.260. The van der Waals surface area contributed by atoms with Crippen molar-refractivity contribution in [3.8, 4) is 11.6 Å². The number of aryl methyl sites for hydroxylation is 1. The van der Waals surface area contributed by atoms with Gasteiger partial charge in [-0.25, -0.2) is 0 Å². The van der Waals surface area contributed by atoms with Gasteiger partial charge in [0.25, 0.3) is 5.03 Å². The maximum Gasteiger partial charge on any atom is 0.418 e. The summed E-state index contributed by atoms with van der Waals surface area (Å²) in [5, 5.41) is 17.1. The highest BCUT2D eigenvalue weighted by molar-refractivity contribution is 8.00. The molecule has 1 heterocycles. The Balaban J connectivity index is 1.80. The molecule has 1 atom stereocenters. The zero-order chi connectivity index (χ0) is 21.2. The number of hydrogen-bond donors (Lipinski definition) is 1. The van der Waals surface area contributed by atoms with Gasteiger partial charge in [-0.1, -0.05) is 29.8 Å². The molecule has 6 nitrogen and oxygen atoms in total. The topological polar surface area (TPSA) is 82.1 Å². The number of nitrogens with zero attached hydrogens (tertiary/aromatic N) is 2. The van der Waals surface area contributed by atoms with Gasteiger partial charge in [-0.3, -0.25) is 4.79 Å². The van der Waals surface area contributed by atoms with Gasteiger partial charge in [-0.15, -0.1) is 0 Å². The van der Waals surface area contributed by atoms with Gasteiger partial charge < -0.3 is 14.9 Å². The predicted octanol–water partition coefficient (Wildman–Crippen LogP) is 3.47. The van der Waals surface area contributed by atoms with Gasteiger partial charge in [-0.05, 0) is 42.4 Å². The number of anilines is 1. The molecule has 0 aliphatic rings. The average Bonchev–Trinajstić information content (AvgIpc) is 3.02. The number of thioether (sulfide) groups is 1. The van der Waals surface area contributed by atoms with Gasteiger partial charge in [-0.2, -0.15) is 13.2 Å². The van der Waals surface area contributed by atoms with Crippen LogP contribution in [0.5, 0.6) is 5.95 Å². The molecular weight excluding hydrogens is 407 g/mol. The summed E-state index contributed by atoms with van der Waals surface area (Å²) >= 11 is 0.844. The van der Waals surface area contributed by atoms with Crippen molar-refractivity contribution in [2.24, 2.45) is 0 Å². The second-order valence-electron chi connectivity index (χ2n) is 6.21. The molecule has 0 fully saturated rings. The molecule has 0 saturated carbocycles. The normalized spacial score (nSPS) is 12.6. The van der Waals surface area contributed by atoms with E-state index in [1.54, 1.807) is 12.1 Å². The van der Waals surface area contributed by atoms with E-state index in [9.17, 15) is 23.1 Å². The van der Waals surface area contributed by atoms with Crippen LogP contribution >= 0.6 is 11.8 Å². The van der Waals surface area contributed by atoms with Gasteiger partial charge in [0.05, 0.1) is 21.8 Å². The van der Waals surface area contributed by atoms with Crippen molar-refractivity contribution in [1.29, 1.82) is 0 Å². The molecule has 10 heteroatoms. The Morgan fingerprint density at radius 3 is 2.52 bits per heavy atom. The predicted molar refractivity (Wildman–Crippen MR) is 97.6 cm³/mol. The summed E-state index contributed by atoms with van der Waals surface area (Å²) in [6.07, 6.45) is -4.61. The zero-order valence-electron chi connectivity index (χ0n) is 15.4. The summed E-state index contributed by atoms with van der Waals surface area (Å²) in [6, 6.07) is 11.8. The number of para-hydroxylation sites is 1. The van der Waals surface area contributed by atoms with Gasteiger partial charge in [0.2, 0.25) is 11.6 Å². The summed E-state index contributed by atoms with van der Waals surface area (Å²) < 4.78 is 45.3. The van der Waals surface area contributed by atoms with Gasteiger partial charge in [0.15, 0.2) is 5.95 Å². The molecule has 0 bridgehead atoms. The first-order valence-electron chi connectivity index (χ1n) is 8.46. The van der Waals surface area contributed by atoms with E-state index in [0.717, 1.165) is 23.4 Å². The monoisotopic (exact) mass is 423 g/mol. The summed E-state index contributed by atoms with van der Waals surface area (Å²) in [4.78, 5) is 12.5. The molecular formula is C19H16F3N3O3S. The Morgan fingerprint density at radius 1 is 1.21 bits per heavy atom. The van der Waals surface area contributed by atoms with Crippen LogP contribution in [0.15, 0.2) is 58.1 Å². The molecule has 2 aromatic carbocycles. The maximum absolute atomic E-state index is 13.1. The van der Waals surface area contributed by atoms with Crippen molar-refractivity contribution >= 4 is 23.4 Å². The minimum atomic E-state index is -4.61. The fraction of sp³-hybridized carbons (Fsp3) is 0.211. The van der Waals surface area contributed by atoms with E-state index in [1.807, 2.05) is 19.1 Å². The van der Waals surface area contributed by atoms with Crippen molar-refractivity contribution in [3.05, 3.63) is 59.7 Å². The van der Waals surface area contributed by atoms with Crippen molar-refractivity contribution < 1.29 is 32.3 Å². The van der Waals surface area contributed by atoms with Crippen LogP contribution in [0.2, 0.25) is 0 Å². The van der Waals surface area contributed by atoms with E-state index in [0.29, 0.717) is 5.69 Å². The Hall–Kier alpha value is -3.01. The number of rotatable bonds is 5. The average molecular weight is 423 g/mol. The molecule has 1 amide bonds. The zero-order valence-corrected chi connectivity index (χ0v) is 16.2. The Morgan fingerprint density at radius 2 is 1.86 bits per heavy atom. The van der Waals surface area contributed by atoms with Crippen molar-refractivity contribution in [3.63, 3.8) is 0 Å². The summed E-state index contributed by atoms with van der Waals surface area (Å²) in [7, 11) is 0. The van der Waals surface area contributed by atoms with Crippen LogP contribution in [0, 0.1) is 6.92 Å². The minimum Gasteiger partial charge on any atom is -0.538 e. The van der Waals surface area contributed by atoms with Crippen LogP contribution < -0.4 is 15.1 Å². The first kappa shape index (κ1) is 20.7. The minimum absolute atomic E-state index is 0.0422. The number of alkyl halides is 3. The highest BCUT2D eigenvalue weighted by Crippen LogP contribution is 2.35. The number of aromatic nitrogens is 2. The third-order valence-corrected chi connectivity index (χ3v) is 5.13. The van der Waals surface area contributed by atoms with Crippen LogP contribution in [0.4, 0.5) is 18.9 Å². The molecule has 29 heavy (non-hydrogen) atoms. The second kappa shape index (κ2) is 8.16. The first-order valence-corrected chi connectivity index (χ1v) is 9.34. The van der Waals surface area contributed by atoms with E-state index in [4.69, 9.17) is 4.52 Å². The lowest BCUT2D eigenvalue weighted by molar-refractivity contribution is -0.705. The molecule has 3 aromatic rings. The third kappa shape index (κ3) is 4.70. The highest BCUT2D eigenvalue weighted by atomic mass is 32.2. The number of halogens is 3. The standard InChI is InChI=1S/C19H16F3N3O3S/c1-11-7-9-13(10-8-11)25-17(18(27)28-24-25)29-12(2)16(26)23-15-6-4-3-5-14(15)19(20,21)22/h3-10,12H,1-2H3,(H-,23,24,26,27). The molecule has 3 rings (SSSR count). The largest absolute Gasteiger partial charge is 0.538 e. The van der Waals surface area contributed by atoms with E-state index >= 15 is 0 Å². The van der Waals surface area contributed by atoms with Gasteiger partial charge in [0.1, 0.15) is 0 Å². The molecule has 0 aliphatic heterocycles. The van der Waals surface area contributed by atoms with Gasteiger partial charge >= 0.3 is 6.18 Å². The SMILES string of the molecule is Cc1ccc(-[n+]2noc([O-])c2SC(C)C(=O)Nc2ccccc2C(F)(F)F)cc1. The number of carbonyl (C=O) groups excluding carboxylic acids is 1. The smallest absolute Gasteiger partial charge is 0.418 e. The van der Waals surface area contributed by atoms with Crippen molar-refractivity contribution in [2.45, 2.75) is 30.3 Å². The van der Waals surface area contributed by atoms with Crippen LogP contribution in [-0.2, 0) is 11.0 Å². The Kier molecular flexibility index (Phi) is 5.83. The van der Waals surface area contributed by atoms with Crippen LogP contribution in [0.1, 0.15) is 18.1 Å². The highest BCUT2D eigenvalue weighted by Gasteiger charge is 2.34. The summed E-state index contributed by atoms with van der Waals surface area (Å²) in [6.45, 7) is 3.37. The Bertz CT molecular complexity index is 1020. The molecule has 0 aliphatic carbocycles. The molecule has 0 spiro atoms. The Labute approximate surface area is 168 Å². The lowest BCUT2D eigenvalue weighted by Crippen LogP contribution is -2.36. The van der Waals surface area contributed by atoms with Crippen molar-refractivity contribution in [1.82, 2.24) is 5.27 Å². The molecule has 152 valence electrons. The number of benzene rings is 2. The van der Waals surface area contributed by atoms with Gasteiger partial charge in [0, 0.05) is 12.1 Å². The molecule has 1 N–H and O–H groups in total. The first-order chi connectivity index (χ1) is 13.7. The van der Waals surface area contributed by atoms with Crippen molar-refractivity contribution in [2.75, 3.05) is 5.32 Å². The maximum atomic E-state index is 13.1. The van der Waals surface area contributed by atoms with E-state index in [1.165, 1.54) is 29.8 Å². The molecule has 0 radical (unpaired) electrons. The van der Waals surface area contributed by atoms with Crippen LogP contribution in [0.25, 0.3) is 5.69 Å². The van der Waals surface area contributed by atoms with Crippen LogP contribution in [0.3, 0.4) is 0 Å². The number of amides is 1. The lowest BCUT2D eigenvalue weighted by Gasteiger charge is -2.15. The third-order valence-electron chi connectivity index (χ3n) is 4.00. The van der Waals surface area contributed by atoms with E-state index in [-0.39, 0.29) is 10.7 Å². The van der Waals surface area contributed by atoms with E-state index in [2.05, 4.69) is 10.6 Å². The van der Waals surface area contributed by atoms with Crippen LogP contribution in [-0.4, -0.2) is 16.4 Å². The number of carbonyl (C=O) groups is 1. The number of nitrogens with one attached hydrogen (secondary N) is 1. The van der Waals surface area contributed by atoms with E-state index < -0.39 is 28.8 Å². The molecule has 0 saturated heterocycles. The lowest BCUT2D eigenvalue weighted by atomic mass is 10.1. The number of hydrogen-bond acceptors (Lipinski definition) is 5.